The fraction of sp³-hybridized carbons (Fsp3) is 0.533. The smallest absolute Gasteiger partial charge is 0.255 e. The lowest BCUT2D eigenvalue weighted by molar-refractivity contribution is 0.0601. The van der Waals surface area contributed by atoms with E-state index in [9.17, 15) is 4.79 Å². The number of nitrogens with two attached hydrogens (primary N) is 2. The van der Waals surface area contributed by atoms with Crippen molar-refractivity contribution >= 4 is 17.3 Å². The number of hydrogen-bond donors (Lipinski definition) is 2. The maximum atomic E-state index is 12.4. The molecule has 0 bridgehead atoms. The first-order chi connectivity index (χ1) is 8.95. The summed E-state index contributed by atoms with van der Waals surface area (Å²) >= 11 is 0. The van der Waals surface area contributed by atoms with Crippen molar-refractivity contribution in [3.63, 3.8) is 0 Å². The first-order valence-electron chi connectivity index (χ1n) is 6.89. The van der Waals surface area contributed by atoms with Crippen LogP contribution in [0, 0.1) is 5.41 Å². The summed E-state index contributed by atoms with van der Waals surface area (Å²) in [5.41, 5.74) is 13.5. The fourth-order valence-electron chi connectivity index (χ4n) is 2.55. The molecule has 19 heavy (non-hydrogen) atoms. The molecule has 1 aliphatic heterocycles. The lowest BCUT2D eigenvalue weighted by Crippen LogP contribution is -2.42. The Hall–Kier alpha value is -1.71. The van der Waals surface area contributed by atoms with Gasteiger partial charge in [0.1, 0.15) is 0 Å². The van der Waals surface area contributed by atoms with Crippen LogP contribution >= 0.6 is 0 Å². The molecule has 0 atom stereocenters. The molecule has 0 saturated carbocycles. The van der Waals surface area contributed by atoms with Crippen LogP contribution in [0.3, 0.4) is 0 Å². The number of likely N-dealkylation sites (tertiary alicyclic amines) is 1. The molecule has 104 valence electrons. The van der Waals surface area contributed by atoms with Gasteiger partial charge in [-0.15, -0.1) is 0 Å². The number of nitrogen functional groups attached to an aromatic ring is 2. The molecule has 4 heteroatoms. The summed E-state index contributed by atoms with van der Waals surface area (Å²) in [5.74, 6) is 0.0238. The molecule has 1 heterocycles. The van der Waals surface area contributed by atoms with E-state index in [0.29, 0.717) is 22.4 Å². The highest BCUT2D eigenvalue weighted by molar-refractivity contribution is 5.99. The highest BCUT2D eigenvalue weighted by Gasteiger charge is 2.31. The monoisotopic (exact) mass is 261 g/mol. The number of benzene rings is 1. The van der Waals surface area contributed by atoms with Gasteiger partial charge in [0.15, 0.2) is 0 Å². The number of rotatable bonds is 2. The summed E-state index contributed by atoms with van der Waals surface area (Å²) in [7, 11) is 0. The topological polar surface area (TPSA) is 72.3 Å². The average Bonchev–Trinajstić information content (AvgIpc) is 2.39. The standard InChI is InChI=1S/C15H23N3O/c1-3-15(2)6-8-18(9-7-15)14(19)12-5-4-11(16)10-13(12)17/h4-5,10H,3,6-9,16-17H2,1-2H3. The van der Waals surface area contributed by atoms with Crippen molar-refractivity contribution in [1.29, 1.82) is 0 Å². The highest BCUT2D eigenvalue weighted by atomic mass is 16.2. The molecule has 0 unspecified atom stereocenters. The zero-order valence-corrected chi connectivity index (χ0v) is 11.8. The number of carbonyl (C=O) groups is 1. The predicted molar refractivity (Wildman–Crippen MR) is 78.8 cm³/mol. The molecule has 4 nitrogen and oxygen atoms in total. The zero-order chi connectivity index (χ0) is 14.0. The van der Waals surface area contributed by atoms with Crippen LogP contribution < -0.4 is 11.5 Å². The fourth-order valence-corrected chi connectivity index (χ4v) is 2.55. The van der Waals surface area contributed by atoms with Crippen LogP contribution in [0.4, 0.5) is 11.4 Å². The molecule has 0 spiro atoms. The lowest BCUT2D eigenvalue weighted by Gasteiger charge is -2.39. The number of anilines is 2. The van der Waals surface area contributed by atoms with Crippen molar-refractivity contribution in [1.82, 2.24) is 4.90 Å². The van der Waals surface area contributed by atoms with Crippen molar-refractivity contribution in [3.8, 4) is 0 Å². The summed E-state index contributed by atoms with van der Waals surface area (Å²) in [6, 6.07) is 5.09. The minimum atomic E-state index is 0.0238. The Morgan fingerprint density at radius 1 is 1.32 bits per heavy atom. The predicted octanol–water partition coefficient (Wildman–Crippen LogP) is 2.50. The summed E-state index contributed by atoms with van der Waals surface area (Å²) in [5, 5.41) is 0. The van der Waals surface area contributed by atoms with Gasteiger partial charge in [-0.05, 0) is 36.5 Å². The van der Waals surface area contributed by atoms with Gasteiger partial charge in [-0.1, -0.05) is 20.3 Å². The molecule has 1 fully saturated rings. The second kappa shape index (κ2) is 5.11. The molecule has 2 rings (SSSR count). The van der Waals surface area contributed by atoms with Crippen molar-refractivity contribution < 1.29 is 4.79 Å². The van der Waals surface area contributed by atoms with Crippen molar-refractivity contribution in [2.45, 2.75) is 33.1 Å². The quantitative estimate of drug-likeness (QED) is 0.803. The Kier molecular flexibility index (Phi) is 3.69. The van der Waals surface area contributed by atoms with Gasteiger partial charge in [0.05, 0.1) is 5.56 Å². The van der Waals surface area contributed by atoms with E-state index in [-0.39, 0.29) is 5.91 Å². The molecular weight excluding hydrogens is 238 g/mol. The summed E-state index contributed by atoms with van der Waals surface area (Å²) < 4.78 is 0. The summed E-state index contributed by atoms with van der Waals surface area (Å²) in [6.45, 7) is 6.14. The van der Waals surface area contributed by atoms with Gasteiger partial charge < -0.3 is 16.4 Å². The molecule has 4 N–H and O–H groups in total. The maximum Gasteiger partial charge on any atom is 0.255 e. The summed E-state index contributed by atoms with van der Waals surface area (Å²) in [6.07, 6.45) is 3.28. The Morgan fingerprint density at radius 2 is 1.95 bits per heavy atom. The number of carbonyl (C=O) groups excluding carboxylic acids is 1. The minimum Gasteiger partial charge on any atom is -0.399 e. The van der Waals surface area contributed by atoms with Crippen LogP contribution in [-0.4, -0.2) is 23.9 Å². The van der Waals surface area contributed by atoms with Crippen LogP contribution in [0.1, 0.15) is 43.5 Å². The molecule has 0 aromatic heterocycles. The molecule has 0 radical (unpaired) electrons. The lowest BCUT2D eigenvalue weighted by atomic mass is 9.78. The van der Waals surface area contributed by atoms with E-state index in [1.807, 2.05) is 4.90 Å². The van der Waals surface area contributed by atoms with E-state index in [1.54, 1.807) is 18.2 Å². The Morgan fingerprint density at radius 3 is 2.47 bits per heavy atom. The molecule has 1 aromatic carbocycles. The highest BCUT2D eigenvalue weighted by Crippen LogP contribution is 2.34. The first kappa shape index (κ1) is 13.7. The first-order valence-corrected chi connectivity index (χ1v) is 6.89. The van der Waals surface area contributed by atoms with Gasteiger partial charge in [-0.25, -0.2) is 0 Å². The normalized spacial score (nSPS) is 18.3. The third kappa shape index (κ3) is 2.83. The number of piperidine rings is 1. The third-order valence-electron chi connectivity index (χ3n) is 4.42. The third-order valence-corrected chi connectivity index (χ3v) is 4.42. The van der Waals surface area contributed by atoms with E-state index in [2.05, 4.69) is 13.8 Å². The molecular formula is C15H23N3O. The minimum absolute atomic E-state index is 0.0238. The zero-order valence-electron chi connectivity index (χ0n) is 11.8. The SMILES string of the molecule is CCC1(C)CCN(C(=O)c2ccc(N)cc2N)CC1. The van der Waals surface area contributed by atoms with Crippen LogP contribution in [-0.2, 0) is 0 Å². The van der Waals surface area contributed by atoms with Gasteiger partial charge >= 0.3 is 0 Å². The van der Waals surface area contributed by atoms with Crippen LogP contribution in [0.2, 0.25) is 0 Å². The van der Waals surface area contributed by atoms with E-state index in [0.717, 1.165) is 25.9 Å². The molecule has 1 amide bonds. The average molecular weight is 261 g/mol. The van der Waals surface area contributed by atoms with Crippen molar-refractivity contribution in [2.24, 2.45) is 5.41 Å². The van der Waals surface area contributed by atoms with E-state index >= 15 is 0 Å². The second-order valence-corrected chi connectivity index (χ2v) is 5.80. The summed E-state index contributed by atoms with van der Waals surface area (Å²) in [4.78, 5) is 14.3. The van der Waals surface area contributed by atoms with Gasteiger partial charge in [0.25, 0.3) is 5.91 Å². The van der Waals surface area contributed by atoms with Gasteiger partial charge in [0, 0.05) is 24.5 Å². The van der Waals surface area contributed by atoms with Crippen LogP contribution in [0.25, 0.3) is 0 Å². The maximum absolute atomic E-state index is 12.4. The van der Waals surface area contributed by atoms with Gasteiger partial charge in [-0.3, -0.25) is 4.79 Å². The molecule has 1 aromatic rings. The number of nitrogens with zero attached hydrogens (tertiary/aromatic N) is 1. The van der Waals surface area contributed by atoms with Gasteiger partial charge in [-0.2, -0.15) is 0 Å². The Bertz CT molecular complexity index is 476. The Labute approximate surface area is 114 Å². The molecule has 0 aliphatic carbocycles. The Balaban J connectivity index is 2.09. The van der Waals surface area contributed by atoms with Gasteiger partial charge in [0.2, 0.25) is 0 Å². The second-order valence-electron chi connectivity index (χ2n) is 5.80. The van der Waals surface area contributed by atoms with Crippen LogP contribution in [0.15, 0.2) is 18.2 Å². The molecule has 1 aliphatic rings. The van der Waals surface area contributed by atoms with Crippen molar-refractivity contribution in [3.05, 3.63) is 23.8 Å². The van der Waals surface area contributed by atoms with Crippen LogP contribution in [0.5, 0.6) is 0 Å². The largest absolute Gasteiger partial charge is 0.399 e. The number of hydrogen-bond acceptors (Lipinski definition) is 3. The van der Waals surface area contributed by atoms with Crippen molar-refractivity contribution in [2.75, 3.05) is 24.6 Å². The molecule has 1 saturated heterocycles. The van der Waals surface area contributed by atoms with E-state index < -0.39 is 0 Å². The van der Waals surface area contributed by atoms with E-state index in [4.69, 9.17) is 11.5 Å². The van der Waals surface area contributed by atoms with E-state index in [1.165, 1.54) is 6.42 Å². The number of amides is 1.